The Kier molecular flexibility index (Phi) is 6.89. The van der Waals surface area contributed by atoms with Gasteiger partial charge in [-0.2, -0.15) is 4.31 Å². The maximum atomic E-state index is 12.9. The van der Waals surface area contributed by atoms with Gasteiger partial charge in [-0.05, 0) is 63.4 Å². The number of piperidine rings is 1. The monoisotopic (exact) mass is 393 g/mol. The van der Waals surface area contributed by atoms with Crippen LogP contribution in [0.4, 0.5) is 5.69 Å². The van der Waals surface area contributed by atoms with Gasteiger partial charge in [0.05, 0.1) is 11.4 Å². The van der Waals surface area contributed by atoms with E-state index in [0.29, 0.717) is 25.3 Å². The number of anilines is 1. The number of hydrogen-bond acceptors (Lipinski definition) is 4. The predicted octanol–water partition coefficient (Wildman–Crippen LogP) is 2.98. The Bertz CT molecular complexity index is 750. The Morgan fingerprint density at radius 2 is 1.56 bits per heavy atom. The van der Waals surface area contributed by atoms with Crippen molar-refractivity contribution in [3.05, 3.63) is 23.8 Å². The van der Waals surface area contributed by atoms with Gasteiger partial charge in [-0.15, -0.1) is 0 Å². The third-order valence-corrected chi connectivity index (χ3v) is 7.40. The second-order valence-electron chi connectivity index (χ2n) is 7.68. The molecule has 2 heterocycles. The molecule has 27 heavy (non-hydrogen) atoms. The predicted molar refractivity (Wildman–Crippen MR) is 107 cm³/mol. The molecular formula is C20H31N3O3S. The zero-order chi connectivity index (χ0) is 19.3. The number of carbonyl (C=O) groups is 1. The first-order valence-electron chi connectivity index (χ1n) is 10.1. The maximum Gasteiger partial charge on any atom is 0.243 e. The van der Waals surface area contributed by atoms with Crippen LogP contribution in [0.2, 0.25) is 0 Å². The summed E-state index contributed by atoms with van der Waals surface area (Å²) in [5.74, 6) is -0.0764. The topological polar surface area (TPSA) is 69.7 Å². The molecule has 0 aliphatic carbocycles. The Hall–Kier alpha value is -1.44. The zero-order valence-corrected chi connectivity index (χ0v) is 17.1. The van der Waals surface area contributed by atoms with Gasteiger partial charge in [0, 0.05) is 18.8 Å². The van der Waals surface area contributed by atoms with Gasteiger partial charge in [0.25, 0.3) is 0 Å². The maximum absolute atomic E-state index is 12.9. The van der Waals surface area contributed by atoms with E-state index in [4.69, 9.17) is 0 Å². The molecule has 1 N–H and O–H groups in total. The van der Waals surface area contributed by atoms with Gasteiger partial charge in [0.2, 0.25) is 15.9 Å². The van der Waals surface area contributed by atoms with E-state index in [1.807, 2.05) is 6.92 Å². The van der Waals surface area contributed by atoms with E-state index in [2.05, 4.69) is 10.2 Å². The summed E-state index contributed by atoms with van der Waals surface area (Å²) in [6.45, 7) is 5.31. The molecule has 0 bridgehead atoms. The highest BCUT2D eigenvalue weighted by atomic mass is 32.2. The van der Waals surface area contributed by atoms with Gasteiger partial charge < -0.3 is 5.32 Å². The lowest BCUT2D eigenvalue weighted by atomic mass is 10.2. The van der Waals surface area contributed by atoms with Crippen molar-refractivity contribution in [1.82, 2.24) is 9.21 Å². The van der Waals surface area contributed by atoms with Gasteiger partial charge in [-0.25, -0.2) is 8.42 Å². The van der Waals surface area contributed by atoms with E-state index in [0.717, 1.165) is 50.8 Å². The molecular weight excluding hydrogens is 362 g/mol. The van der Waals surface area contributed by atoms with E-state index in [-0.39, 0.29) is 10.8 Å². The summed E-state index contributed by atoms with van der Waals surface area (Å²) in [6, 6.07) is 5.03. The molecule has 0 atom stereocenters. The molecule has 3 rings (SSSR count). The van der Waals surface area contributed by atoms with Crippen LogP contribution in [-0.2, 0) is 14.8 Å². The Morgan fingerprint density at radius 1 is 0.963 bits per heavy atom. The molecule has 0 spiro atoms. The largest absolute Gasteiger partial charge is 0.325 e. The highest BCUT2D eigenvalue weighted by Crippen LogP contribution is 2.25. The molecule has 1 aromatic rings. The fraction of sp³-hybridized carbons (Fsp3) is 0.650. The highest BCUT2D eigenvalue weighted by molar-refractivity contribution is 7.89. The third-order valence-electron chi connectivity index (χ3n) is 5.50. The molecule has 0 unspecified atom stereocenters. The normalized spacial score (nSPS) is 20.2. The summed E-state index contributed by atoms with van der Waals surface area (Å²) in [5, 5.41) is 2.93. The van der Waals surface area contributed by atoms with Gasteiger partial charge in [-0.3, -0.25) is 9.69 Å². The molecule has 2 fully saturated rings. The van der Waals surface area contributed by atoms with Crippen molar-refractivity contribution >= 4 is 21.6 Å². The minimum atomic E-state index is -3.50. The standard InChI is InChI=1S/C20H31N3O3S/c1-17-9-10-18(27(25,26)23-13-7-4-8-14-23)15-19(17)21-20(24)16-22-11-5-2-3-6-12-22/h9-10,15H,2-8,11-14,16H2,1H3,(H,21,24). The Labute approximate surface area is 163 Å². The minimum Gasteiger partial charge on any atom is -0.325 e. The van der Waals surface area contributed by atoms with Crippen LogP contribution in [0.15, 0.2) is 23.1 Å². The number of rotatable bonds is 5. The zero-order valence-electron chi connectivity index (χ0n) is 16.2. The third kappa shape index (κ3) is 5.30. The van der Waals surface area contributed by atoms with Gasteiger partial charge >= 0.3 is 0 Å². The number of carbonyl (C=O) groups excluding carboxylic acids is 1. The average Bonchev–Trinajstić information content (AvgIpc) is 2.92. The van der Waals surface area contributed by atoms with E-state index < -0.39 is 10.0 Å². The summed E-state index contributed by atoms with van der Waals surface area (Å²) in [4.78, 5) is 14.9. The fourth-order valence-electron chi connectivity index (χ4n) is 3.84. The van der Waals surface area contributed by atoms with Crippen molar-refractivity contribution in [1.29, 1.82) is 0 Å². The van der Waals surface area contributed by atoms with E-state index in [1.165, 1.54) is 12.8 Å². The first kappa shape index (κ1) is 20.3. The molecule has 2 saturated heterocycles. The lowest BCUT2D eigenvalue weighted by molar-refractivity contribution is -0.117. The SMILES string of the molecule is Cc1ccc(S(=O)(=O)N2CCCCC2)cc1NC(=O)CN1CCCCCC1. The van der Waals surface area contributed by atoms with E-state index in [1.54, 1.807) is 22.5 Å². The quantitative estimate of drug-likeness (QED) is 0.835. The smallest absolute Gasteiger partial charge is 0.243 e. The highest BCUT2D eigenvalue weighted by Gasteiger charge is 2.26. The molecule has 1 aromatic carbocycles. The van der Waals surface area contributed by atoms with Gasteiger partial charge in [0.15, 0.2) is 0 Å². The molecule has 0 radical (unpaired) electrons. The number of aryl methyl sites for hydroxylation is 1. The molecule has 0 aromatic heterocycles. The molecule has 0 saturated carbocycles. The molecule has 2 aliphatic rings. The van der Waals surface area contributed by atoms with Crippen molar-refractivity contribution in [3.8, 4) is 0 Å². The van der Waals surface area contributed by atoms with Gasteiger partial charge in [0.1, 0.15) is 0 Å². The first-order chi connectivity index (χ1) is 13.0. The van der Waals surface area contributed by atoms with Crippen LogP contribution in [0.5, 0.6) is 0 Å². The first-order valence-corrected chi connectivity index (χ1v) is 11.5. The number of amides is 1. The molecule has 1 amide bonds. The molecule has 6 nitrogen and oxygen atoms in total. The summed E-state index contributed by atoms with van der Waals surface area (Å²) in [6.07, 6.45) is 7.62. The number of hydrogen-bond donors (Lipinski definition) is 1. The van der Waals surface area contributed by atoms with Crippen LogP contribution in [0, 0.1) is 6.92 Å². The summed E-state index contributed by atoms with van der Waals surface area (Å²) >= 11 is 0. The van der Waals surface area contributed by atoms with Crippen molar-refractivity contribution in [2.24, 2.45) is 0 Å². The summed E-state index contributed by atoms with van der Waals surface area (Å²) in [5.41, 5.74) is 1.46. The Morgan fingerprint density at radius 3 is 2.22 bits per heavy atom. The number of nitrogens with one attached hydrogen (secondary N) is 1. The van der Waals surface area contributed by atoms with Crippen LogP contribution in [0.25, 0.3) is 0 Å². The van der Waals surface area contributed by atoms with Crippen LogP contribution in [0.3, 0.4) is 0 Å². The number of sulfonamides is 1. The van der Waals surface area contributed by atoms with Crippen molar-refractivity contribution in [2.75, 3.05) is 38.0 Å². The number of nitrogens with zero attached hydrogens (tertiary/aromatic N) is 2. The summed E-state index contributed by atoms with van der Waals surface area (Å²) in [7, 11) is -3.50. The molecule has 150 valence electrons. The van der Waals surface area contributed by atoms with E-state index >= 15 is 0 Å². The van der Waals surface area contributed by atoms with Crippen LogP contribution < -0.4 is 5.32 Å². The van der Waals surface area contributed by atoms with Crippen molar-refractivity contribution in [3.63, 3.8) is 0 Å². The van der Waals surface area contributed by atoms with Gasteiger partial charge in [-0.1, -0.05) is 25.3 Å². The summed E-state index contributed by atoms with van der Waals surface area (Å²) < 4.78 is 27.4. The van der Waals surface area contributed by atoms with Crippen LogP contribution >= 0.6 is 0 Å². The van der Waals surface area contributed by atoms with Crippen LogP contribution in [-0.4, -0.2) is 56.3 Å². The van der Waals surface area contributed by atoms with E-state index in [9.17, 15) is 13.2 Å². The lowest BCUT2D eigenvalue weighted by Crippen LogP contribution is -2.36. The molecule has 2 aliphatic heterocycles. The lowest BCUT2D eigenvalue weighted by Gasteiger charge is -2.26. The number of benzene rings is 1. The second-order valence-corrected chi connectivity index (χ2v) is 9.62. The fourth-order valence-corrected chi connectivity index (χ4v) is 5.38. The van der Waals surface area contributed by atoms with Crippen LogP contribution in [0.1, 0.15) is 50.5 Å². The minimum absolute atomic E-state index is 0.0764. The van der Waals surface area contributed by atoms with Crippen molar-refractivity contribution in [2.45, 2.75) is 56.8 Å². The second kappa shape index (κ2) is 9.17. The average molecular weight is 394 g/mol. The molecule has 7 heteroatoms. The number of likely N-dealkylation sites (tertiary alicyclic amines) is 1. The van der Waals surface area contributed by atoms with Crippen molar-refractivity contribution < 1.29 is 13.2 Å². The Balaban J connectivity index is 1.70.